The van der Waals surface area contributed by atoms with Crippen LogP contribution in [0.2, 0.25) is 5.02 Å². The highest BCUT2D eigenvalue weighted by Gasteiger charge is 2.09. The number of hydrogen-bond donors (Lipinski definition) is 0. The molecule has 0 aliphatic carbocycles. The molecule has 0 spiro atoms. The number of Topliss-reactive ketones (excluding diaryl/α,β-unsaturated/α-hetero) is 1. The Morgan fingerprint density at radius 2 is 1.75 bits per heavy atom. The highest BCUT2D eigenvalue weighted by Crippen LogP contribution is 2.18. The summed E-state index contributed by atoms with van der Waals surface area (Å²) in [7, 11) is 0. The number of carbonyl (C=O) groups excluding carboxylic acids is 1. The summed E-state index contributed by atoms with van der Waals surface area (Å²) in [5.41, 5.74) is 3.99. The second kappa shape index (κ2) is 6.19. The van der Waals surface area contributed by atoms with E-state index < -0.39 is 5.82 Å². The maximum atomic E-state index is 13.1. The summed E-state index contributed by atoms with van der Waals surface area (Å²) < 4.78 is 13.1. The van der Waals surface area contributed by atoms with E-state index >= 15 is 0 Å². The van der Waals surface area contributed by atoms with Crippen LogP contribution in [0.25, 0.3) is 0 Å². The van der Waals surface area contributed by atoms with Crippen molar-refractivity contribution in [2.24, 2.45) is 0 Å². The first kappa shape index (κ1) is 14.7. The van der Waals surface area contributed by atoms with Crippen LogP contribution in [0.3, 0.4) is 0 Å². The van der Waals surface area contributed by atoms with Crippen LogP contribution in [0.5, 0.6) is 0 Å². The molecule has 0 atom stereocenters. The fourth-order valence-electron chi connectivity index (χ4n) is 2.29. The molecule has 1 nitrogen and oxygen atoms in total. The van der Waals surface area contributed by atoms with Gasteiger partial charge in [-0.3, -0.25) is 4.79 Å². The lowest BCUT2D eigenvalue weighted by Gasteiger charge is -2.05. The molecule has 0 aliphatic heterocycles. The molecule has 0 N–H and O–H groups in total. The average Bonchev–Trinajstić information content (AvgIpc) is 2.38. The number of benzene rings is 2. The zero-order valence-electron chi connectivity index (χ0n) is 11.5. The average molecular weight is 291 g/mol. The largest absolute Gasteiger partial charge is 0.294 e. The maximum Gasteiger partial charge on any atom is 0.163 e. The lowest BCUT2D eigenvalue weighted by molar-refractivity contribution is 0.0983. The van der Waals surface area contributed by atoms with Gasteiger partial charge >= 0.3 is 0 Å². The van der Waals surface area contributed by atoms with E-state index in [1.54, 1.807) is 0 Å². The molecule has 0 aliphatic rings. The third-order valence-corrected chi connectivity index (χ3v) is 3.45. The van der Waals surface area contributed by atoms with Gasteiger partial charge in [0.15, 0.2) is 5.78 Å². The van der Waals surface area contributed by atoms with Crippen LogP contribution < -0.4 is 0 Å². The van der Waals surface area contributed by atoms with E-state index in [1.165, 1.54) is 29.3 Å². The van der Waals surface area contributed by atoms with Gasteiger partial charge in [-0.25, -0.2) is 4.39 Å². The lowest BCUT2D eigenvalue weighted by Crippen LogP contribution is -2.02. The molecule has 0 fully saturated rings. The van der Waals surface area contributed by atoms with Gasteiger partial charge in [0.2, 0.25) is 0 Å². The molecular formula is C17H16ClFO. The summed E-state index contributed by atoms with van der Waals surface area (Å²) in [5.74, 6) is -0.524. The molecule has 2 aromatic carbocycles. The summed E-state index contributed by atoms with van der Waals surface area (Å²) in [6.45, 7) is 4.08. The van der Waals surface area contributed by atoms with E-state index in [2.05, 4.69) is 18.2 Å². The number of rotatable bonds is 4. The molecule has 104 valence electrons. The number of aryl methyl sites for hydroxylation is 3. The summed E-state index contributed by atoms with van der Waals surface area (Å²) in [4.78, 5) is 12.1. The number of carbonyl (C=O) groups is 1. The SMILES string of the molecule is Cc1cc(C)cc(CCC(=O)c2ccc(F)c(Cl)c2)c1. The smallest absolute Gasteiger partial charge is 0.163 e. The van der Waals surface area contributed by atoms with Gasteiger partial charge < -0.3 is 0 Å². The monoisotopic (exact) mass is 290 g/mol. The minimum atomic E-state index is -0.502. The van der Waals surface area contributed by atoms with Gasteiger partial charge in [-0.15, -0.1) is 0 Å². The summed E-state index contributed by atoms with van der Waals surface area (Å²) >= 11 is 5.69. The fraction of sp³-hybridized carbons (Fsp3) is 0.235. The third-order valence-electron chi connectivity index (χ3n) is 3.16. The highest BCUT2D eigenvalue weighted by atomic mass is 35.5. The van der Waals surface area contributed by atoms with Crippen molar-refractivity contribution in [1.82, 2.24) is 0 Å². The zero-order valence-corrected chi connectivity index (χ0v) is 12.3. The van der Waals surface area contributed by atoms with Gasteiger partial charge in [-0.2, -0.15) is 0 Å². The van der Waals surface area contributed by atoms with E-state index in [4.69, 9.17) is 11.6 Å². The highest BCUT2D eigenvalue weighted by molar-refractivity contribution is 6.31. The third kappa shape index (κ3) is 3.67. The van der Waals surface area contributed by atoms with E-state index in [-0.39, 0.29) is 10.8 Å². The first-order valence-electron chi connectivity index (χ1n) is 6.51. The van der Waals surface area contributed by atoms with E-state index in [9.17, 15) is 9.18 Å². The van der Waals surface area contributed by atoms with Gasteiger partial charge in [0.25, 0.3) is 0 Å². The van der Waals surface area contributed by atoms with Crippen molar-refractivity contribution in [3.63, 3.8) is 0 Å². The fourth-order valence-corrected chi connectivity index (χ4v) is 2.47. The van der Waals surface area contributed by atoms with E-state index in [0.29, 0.717) is 18.4 Å². The van der Waals surface area contributed by atoms with Crippen LogP contribution in [-0.4, -0.2) is 5.78 Å². The van der Waals surface area contributed by atoms with Crippen LogP contribution >= 0.6 is 11.6 Å². The first-order valence-corrected chi connectivity index (χ1v) is 6.89. The Hall–Kier alpha value is -1.67. The van der Waals surface area contributed by atoms with Crippen molar-refractivity contribution in [3.05, 3.63) is 69.5 Å². The topological polar surface area (TPSA) is 17.1 Å². The Morgan fingerprint density at radius 1 is 1.10 bits per heavy atom. The number of hydrogen-bond acceptors (Lipinski definition) is 1. The minimum Gasteiger partial charge on any atom is -0.294 e. The maximum absolute atomic E-state index is 13.1. The van der Waals surface area contributed by atoms with Gasteiger partial charge in [0.1, 0.15) is 5.82 Å². The quantitative estimate of drug-likeness (QED) is 0.731. The van der Waals surface area contributed by atoms with Gasteiger partial charge in [-0.05, 0) is 44.0 Å². The Morgan fingerprint density at radius 3 is 2.35 bits per heavy atom. The van der Waals surface area contributed by atoms with E-state index in [0.717, 1.165) is 5.56 Å². The molecule has 0 unspecified atom stereocenters. The zero-order chi connectivity index (χ0) is 14.7. The van der Waals surface area contributed by atoms with Crippen molar-refractivity contribution < 1.29 is 9.18 Å². The minimum absolute atomic E-state index is 0.0118. The van der Waals surface area contributed by atoms with Crippen molar-refractivity contribution in [1.29, 1.82) is 0 Å². The molecule has 3 heteroatoms. The summed E-state index contributed by atoms with van der Waals surface area (Å²) in [5, 5.41) is -0.0118. The van der Waals surface area contributed by atoms with Crippen molar-refractivity contribution >= 4 is 17.4 Å². The van der Waals surface area contributed by atoms with Crippen LogP contribution in [-0.2, 0) is 6.42 Å². The molecule has 2 aromatic rings. The van der Waals surface area contributed by atoms with Crippen molar-refractivity contribution in [3.8, 4) is 0 Å². The van der Waals surface area contributed by atoms with Crippen molar-refractivity contribution in [2.45, 2.75) is 26.7 Å². The Kier molecular flexibility index (Phi) is 4.56. The second-order valence-electron chi connectivity index (χ2n) is 5.05. The molecule has 0 amide bonds. The van der Waals surface area contributed by atoms with Crippen LogP contribution in [0, 0.1) is 19.7 Å². The lowest BCUT2D eigenvalue weighted by atomic mass is 10.00. The number of ketones is 1. The van der Waals surface area contributed by atoms with Crippen LogP contribution in [0.4, 0.5) is 4.39 Å². The second-order valence-corrected chi connectivity index (χ2v) is 5.46. The van der Waals surface area contributed by atoms with Crippen LogP contribution in [0.1, 0.15) is 33.5 Å². The van der Waals surface area contributed by atoms with Gasteiger partial charge in [0.05, 0.1) is 5.02 Å². The molecular weight excluding hydrogens is 275 g/mol. The molecule has 0 saturated carbocycles. The predicted octanol–water partition coefficient (Wildman–Crippen LogP) is 4.91. The van der Waals surface area contributed by atoms with Crippen molar-refractivity contribution in [2.75, 3.05) is 0 Å². The molecule has 2 rings (SSSR count). The Labute approximate surface area is 123 Å². The summed E-state index contributed by atoms with van der Waals surface area (Å²) in [6.07, 6.45) is 1.07. The van der Waals surface area contributed by atoms with Gasteiger partial charge in [-0.1, -0.05) is 40.9 Å². The molecule has 0 radical (unpaired) electrons. The molecule has 0 saturated heterocycles. The Bertz CT molecular complexity index is 629. The van der Waals surface area contributed by atoms with Crippen LogP contribution in [0.15, 0.2) is 36.4 Å². The molecule has 0 heterocycles. The molecule has 0 aromatic heterocycles. The predicted molar refractivity (Wildman–Crippen MR) is 80.0 cm³/mol. The molecule has 0 bridgehead atoms. The summed E-state index contributed by atoms with van der Waals surface area (Å²) in [6, 6.07) is 10.4. The first-order chi connectivity index (χ1) is 9.45. The number of halogens is 2. The Balaban J connectivity index is 2.06. The standard InChI is InChI=1S/C17H16ClFO/c1-11-7-12(2)9-13(8-11)3-6-17(20)14-4-5-16(19)15(18)10-14/h4-5,7-10H,3,6H2,1-2H3. The van der Waals surface area contributed by atoms with E-state index in [1.807, 2.05) is 13.8 Å². The molecule has 20 heavy (non-hydrogen) atoms. The normalized spacial score (nSPS) is 10.6. The van der Waals surface area contributed by atoms with Gasteiger partial charge in [0, 0.05) is 12.0 Å².